The lowest BCUT2D eigenvalue weighted by atomic mass is 9.77. The third-order valence-corrected chi connectivity index (χ3v) is 6.57. The van der Waals surface area contributed by atoms with Crippen LogP contribution in [0.5, 0.6) is 0 Å². The number of aryl methyl sites for hydroxylation is 1. The summed E-state index contributed by atoms with van der Waals surface area (Å²) in [4.78, 5) is 15.4. The number of nitrogens with one attached hydrogen (secondary N) is 1. The minimum Gasteiger partial charge on any atom is -0.391 e. The Morgan fingerprint density at radius 2 is 1.93 bits per heavy atom. The first-order chi connectivity index (χ1) is 14.1. The van der Waals surface area contributed by atoms with Crippen molar-refractivity contribution >= 4 is 34.0 Å². The molecule has 29 heavy (non-hydrogen) atoms. The molecule has 2 aliphatic rings. The summed E-state index contributed by atoms with van der Waals surface area (Å²) in [6.07, 6.45) is 8.23. The Bertz CT molecular complexity index is 1030. The van der Waals surface area contributed by atoms with E-state index in [1.54, 1.807) is 18.6 Å². The Morgan fingerprint density at radius 3 is 2.72 bits per heavy atom. The van der Waals surface area contributed by atoms with Crippen molar-refractivity contribution in [3.05, 3.63) is 53.6 Å². The van der Waals surface area contributed by atoms with Crippen LogP contribution in [0.3, 0.4) is 0 Å². The Kier molecular flexibility index (Phi) is 4.76. The number of hydrogen-bond donors (Lipinski definition) is 2. The molecule has 4 atom stereocenters. The van der Waals surface area contributed by atoms with E-state index in [1.807, 2.05) is 25.3 Å². The fourth-order valence-electron chi connectivity index (χ4n) is 5.00. The van der Waals surface area contributed by atoms with Gasteiger partial charge in [-0.2, -0.15) is 0 Å². The van der Waals surface area contributed by atoms with Crippen LogP contribution in [0, 0.1) is 18.8 Å². The number of aliphatic hydroxyl groups excluding tert-OH is 1. The number of benzene rings is 1. The number of pyridine rings is 1. The van der Waals surface area contributed by atoms with Crippen LogP contribution in [0.2, 0.25) is 5.02 Å². The lowest BCUT2D eigenvalue weighted by Gasteiger charge is -2.35. The van der Waals surface area contributed by atoms with Crippen molar-refractivity contribution in [2.45, 2.75) is 31.9 Å². The summed E-state index contributed by atoms with van der Waals surface area (Å²) in [5, 5.41) is 15.9. The predicted molar refractivity (Wildman–Crippen MR) is 115 cm³/mol. The molecule has 0 amide bonds. The zero-order valence-electron chi connectivity index (χ0n) is 16.3. The highest BCUT2D eigenvalue weighted by atomic mass is 35.5. The molecule has 7 heteroatoms. The zero-order chi connectivity index (χ0) is 20.0. The SMILES string of the molecule is Cc1cc(Cl)cc2c(N3C[C@H]4C[C@@H](Nc5cnccn5)[C@H](O)C[C@H]4C3)ccnc12. The molecule has 3 heterocycles. The van der Waals surface area contributed by atoms with Crippen LogP contribution in [0.1, 0.15) is 18.4 Å². The number of fused-ring (bicyclic) bond motifs is 2. The van der Waals surface area contributed by atoms with Crippen LogP contribution in [-0.4, -0.2) is 45.3 Å². The largest absolute Gasteiger partial charge is 0.391 e. The van der Waals surface area contributed by atoms with Crippen molar-refractivity contribution in [2.75, 3.05) is 23.3 Å². The maximum Gasteiger partial charge on any atom is 0.144 e. The monoisotopic (exact) mass is 409 g/mol. The van der Waals surface area contributed by atoms with Crippen molar-refractivity contribution < 1.29 is 5.11 Å². The van der Waals surface area contributed by atoms with Gasteiger partial charge in [0.1, 0.15) is 5.82 Å². The van der Waals surface area contributed by atoms with Crippen LogP contribution in [-0.2, 0) is 0 Å². The molecular formula is C22H24ClN5O. The second-order valence-corrected chi connectivity index (χ2v) is 8.69. The molecule has 6 nitrogen and oxygen atoms in total. The molecule has 0 unspecified atom stereocenters. The lowest BCUT2D eigenvalue weighted by Crippen LogP contribution is -2.43. The van der Waals surface area contributed by atoms with Crippen molar-refractivity contribution in [1.82, 2.24) is 15.0 Å². The number of halogens is 1. The highest BCUT2D eigenvalue weighted by molar-refractivity contribution is 6.31. The second-order valence-electron chi connectivity index (χ2n) is 8.25. The van der Waals surface area contributed by atoms with Gasteiger partial charge in [-0.05, 0) is 55.4 Å². The summed E-state index contributed by atoms with van der Waals surface area (Å²) in [6, 6.07) is 6.06. The Hall–Kier alpha value is -2.44. The molecular weight excluding hydrogens is 386 g/mol. The van der Waals surface area contributed by atoms with Gasteiger partial charge < -0.3 is 15.3 Å². The molecule has 0 bridgehead atoms. The molecule has 150 valence electrons. The van der Waals surface area contributed by atoms with Gasteiger partial charge in [0.2, 0.25) is 0 Å². The fourth-order valence-corrected chi connectivity index (χ4v) is 5.27. The van der Waals surface area contributed by atoms with Crippen LogP contribution in [0.4, 0.5) is 11.5 Å². The highest BCUT2D eigenvalue weighted by Crippen LogP contribution is 2.41. The summed E-state index contributed by atoms with van der Waals surface area (Å²) in [6.45, 7) is 3.97. The molecule has 1 aliphatic heterocycles. The fraction of sp³-hybridized carbons (Fsp3) is 0.409. The zero-order valence-corrected chi connectivity index (χ0v) is 17.0. The maximum atomic E-state index is 10.7. The van der Waals surface area contributed by atoms with E-state index in [0.717, 1.165) is 53.2 Å². The predicted octanol–water partition coefficient (Wildman–Crippen LogP) is 3.67. The molecule has 2 fully saturated rings. The topological polar surface area (TPSA) is 74.2 Å². The molecule has 5 rings (SSSR count). The van der Waals surface area contributed by atoms with E-state index in [4.69, 9.17) is 11.6 Å². The minimum atomic E-state index is -0.385. The van der Waals surface area contributed by atoms with E-state index in [1.165, 1.54) is 5.69 Å². The number of nitrogens with zero attached hydrogens (tertiary/aromatic N) is 4. The molecule has 3 aromatic rings. The van der Waals surface area contributed by atoms with Gasteiger partial charge in [0.25, 0.3) is 0 Å². The van der Waals surface area contributed by atoms with E-state index in [-0.39, 0.29) is 12.1 Å². The first-order valence-electron chi connectivity index (χ1n) is 10.1. The molecule has 1 aliphatic carbocycles. The van der Waals surface area contributed by atoms with Gasteiger partial charge in [0, 0.05) is 47.8 Å². The number of aromatic nitrogens is 3. The van der Waals surface area contributed by atoms with Gasteiger partial charge in [-0.15, -0.1) is 0 Å². The van der Waals surface area contributed by atoms with E-state index in [0.29, 0.717) is 11.8 Å². The second kappa shape index (κ2) is 7.43. The van der Waals surface area contributed by atoms with Gasteiger partial charge in [0.15, 0.2) is 0 Å². The van der Waals surface area contributed by atoms with Gasteiger partial charge >= 0.3 is 0 Å². The van der Waals surface area contributed by atoms with E-state index < -0.39 is 0 Å². The van der Waals surface area contributed by atoms with Gasteiger partial charge in [-0.25, -0.2) is 4.98 Å². The standard InChI is InChI=1S/C22H24ClN5O/c1-13-6-16(23)9-17-19(2-3-26-22(13)17)28-11-14-7-18(20(29)8-15(14)12-28)27-21-10-24-4-5-25-21/h2-6,9-10,14-15,18,20,29H,7-8,11-12H2,1H3,(H,25,27)/t14-,15+,18-,20-/m1/s1. The smallest absolute Gasteiger partial charge is 0.144 e. The summed E-state index contributed by atoms with van der Waals surface area (Å²) >= 11 is 6.34. The van der Waals surface area contributed by atoms with Crippen LogP contribution in [0.15, 0.2) is 43.0 Å². The Labute approximate surface area is 175 Å². The highest BCUT2D eigenvalue weighted by Gasteiger charge is 2.42. The molecule has 1 saturated heterocycles. The third-order valence-electron chi connectivity index (χ3n) is 6.36. The quantitative estimate of drug-likeness (QED) is 0.687. The van der Waals surface area contributed by atoms with Gasteiger partial charge in [-0.3, -0.25) is 9.97 Å². The lowest BCUT2D eigenvalue weighted by molar-refractivity contribution is 0.0737. The molecule has 0 spiro atoms. The first-order valence-corrected chi connectivity index (χ1v) is 10.5. The van der Waals surface area contributed by atoms with E-state index in [2.05, 4.69) is 31.2 Å². The van der Waals surface area contributed by atoms with Crippen LogP contribution < -0.4 is 10.2 Å². The molecule has 0 radical (unpaired) electrons. The average molecular weight is 410 g/mol. The average Bonchev–Trinajstić information content (AvgIpc) is 3.11. The van der Waals surface area contributed by atoms with Gasteiger partial charge in [-0.1, -0.05) is 11.6 Å². The summed E-state index contributed by atoms with van der Waals surface area (Å²) < 4.78 is 0. The van der Waals surface area contributed by atoms with Crippen molar-refractivity contribution in [2.24, 2.45) is 11.8 Å². The number of hydrogen-bond acceptors (Lipinski definition) is 6. The van der Waals surface area contributed by atoms with Crippen LogP contribution >= 0.6 is 11.6 Å². The number of anilines is 2. The van der Waals surface area contributed by atoms with Crippen LogP contribution in [0.25, 0.3) is 10.9 Å². The first kappa shape index (κ1) is 18.6. The summed E-state index contributed by atoms with van der Waals surface area (Å²) in [7, 11) is 0. The van der Waals surface area contributed by atoms with Crippen molar-refractivity contribution in [3.8, 4) is 0 Å². The van der Waals surface area contributed by atoms with Crippen molar-refractivity contribution in [3.63, 3.8) is 0 Å². The number of rotatable bonds is 3. The minimum absolute atomic E-state index is 0.00114. The van der Waals surface area contributed by atoms with E-state index in [9.17, 15) is 5.11 Å². The summed E-state index contributed by atoms with van der Waals surface area (Å²) in [5.41, 5.74) is 3.28. The third kappa shape index (κ3) is 3.51. The maximum absolute atomic E-state index is 10.7. The normalized spacial score (nSPS) is 26.5. The van der Waals surface area contributed by atoms with Crippen molar-refractivity contribution in [1.29, 1.82) is 0 Å². The summed E-state index contributed by atoms with van der Waals surface area (Å²) in [5.74, 6) is 1.72. The van der Waals surface area contributed by atoms with Gasteiger partial charge in [0.05, 0.1) is 23.9 Å². The Balaban J connectivity index is 1.38. The molecule has 1 saturated carbocycles. The van der Waals surface area contributed by atoms with E-state index >= 15 is 0 Å². The molecule has 2 N–H and O–H groups in total. The number of aliphatic hydroxyl groups is 1. The molecule has 2 aromatic heterocycles. The molecule has 1 aromatic carbocycles. The Morgan fingerprint density at radius 1 is 1.10 bits per heavy atom.